The van der Waals surface area contributed by atoms with E-state index >= 15 is 0 Å². The molecule has 0 spiro atoms. The first-order valence-corrected chi connectivity index (χ1v) is 13.8. The summed E-state index contributed by atoms with van der Waals surface area (Å²) in [7, 11) is -4.39. The van der Waals surface area contributed by atoms with Crippen molar-refractivity contribution in [3.63, 3.8) is 0 Å². The third-order valence-electron chi connectivity index (χ3n) is 5.86. The van der Waals surface area contributed by atoms with Crippen LogP contribution in [0.15, 0.2) is 46.1 Å². The van der Waals surface area contributed by atoms with Crippen molar-refractivity contribution >= 4 is 25.3 Å². The Kier molecular flexibility index (Phi) is 9.79. The maximum Gasteiger partial charge on any atom is 0.459 e. The molecule has 4 N–H and O–H groups in total. The number of rotatable bonds is 11. The Morgan fingerprint density at radius 1 is 1.33 bits per heavy atom. The summed E-state index contributed by atoms with van der Waals surface area (Å²) in [5.41, 5.74) is -4.09. The zero-order valence-electron chi connectivity index (χ0n) is 21.3. The first kappa shape index (κ1) is 30.6. The fourth-order valence-electron chi connectivity index (χ4n) is 3.52. The van der Waals surface area contributed by atoms with Gasteiger partial charge in [0.1, 0.15) is 24.0 Å². The maximum absolute atomic E-state index is 13.7. The minimum atomic E-state index is -4.39. The molecule has 0 saturated carbocycles. The van der Waals surface area contributed by atoms with Crippen LogP contribution in [0.2, 0.25) is 5.02 Å². The molecule has 3 rings (SSSR count). The van der Waals surface area contributed by atoms with Gasteiger partial charge >= 0.3 is 19.4 Å². The van der Waals surface area contributed by atoms with Crippen molar-refractivity contribution in [1.82, 2.24) is 14.6 Å². The van der Waals surface area contributed by atoms with Crippen LogP contribution in [0.25, 0.3) is 0 Å². The highest BCUT2D eigenvalue weighted by Crippen LogP contribution is 2.47. The summed E-state index contributed by atoms with van der Waals surface area (Å²) in [4.78, 5) is 38.2. The van der Waals surface area contributed by atoms with Gasteiger partial charge in [-0.3, -0.25) is 23.7 Å². The van der Waals surface area contributed by atoms with Crippen LogP contribution in [0.4, 0.5) is 0 Å². The first-order chi connectivity index (χ1) is 18.3. The van der Waals surface area contributed by atoms with E-state index in [9.17, 15) is 29.2 Å². The number of terminal acetylenes is 1. The molecule has 15 heteroatoms. The van der Waals surface area contributed by atoms with Gasteiger partial charge in [-0.25, -0.2) is 9.36 Å². The van der Waals surface area contributed by atoms with Crippen molar-refractivity contribution in [3.8, 4) is 18.1 Å². The molecule has 1 aromatic carbocycles. The van der Waals surface area contributed by atoms with Gasteiger partial charge in [-0.1, -0.05) is 24.4 Å². The van der Waals surface area contributed by atoms with Crippen LogP contribution in [-0.4, -0.2) is 62.3 Å². The molecule has 2 unspecified atom stereocenters. The largest absolute Gasteiger partial charge is 0.462 e. The Labute approximate surface area is 228 Å². The van der Waals surface area contributed by atoms with Crippen molar-refractivity contribution in [3.05, 3.63) is 62.4 Å². The zero-order chi connectivity index (χ0) is 29.0. The zero-order valence-corrected chi connectivity index (χ0v) is 22.9. The van der Waals surface area contributed by atoms with Gasteiger partial charge in [0.25, 0.3) is 5.56 Å². The lowest BCUT2D eigenvalue weighted by Gasteiger charge is -2.26. The molecule has 2 heterocycles. The average Bonchev–Trinajstić information content (AvgIpc) is 3.14. The number of H-pyrrole nitrogens is 1. The molecule has 2 aromatic rings. The van der Waals surface area contributed by atoms with E-state index in [1.807, 2.05) is 17.8 Å². The number of hydrogen-bond donors (Lipinski definition) is 4. The minimum absolute atomic E-state index is 0.0726. The Balaban J connectivity index is 1.84. The number of carbonyl (C=O) groups excluding carboxylic acids is 1. The number of halogens is 1. The lowest BCUT2D eigenvalue weighted by atomic mass is 9.95. The van der Waals surface area contributed by atoms with E-state index in [4.69, 9.17) is 36.5 Å². The highest BCUT2D eigenvalue weighted by Gasteiger charge is 2.56. The number of esters is 1. The molecule has 13 nitrogen and oxygen atoms in total. The van der Waals surface area contributed by atoms with Crippen LogP contribution in [0.3, 0.4) is 0 Å². The fourth-order valence-corrected chi connectivity index (χ4v) is 5.15. The van der Waals surface area contributed by atoms with Gasteiger partial charge in [-0.05, 0) is 44.5 Å². The Morgan fingerprint density at radius 3 is 2.59 bits per heavy atom. The van der Waals surface area contributed by atoms with E-state index in [-0.39, 0.29) is 5.75 Å². The molecule has 0 amide bonds. The van der Waals surface area contributed by atoms with Crippen LogP contribution in [0.5, 0.6) is 5.75 Å². The number of hydrogen-bond acceptors (Lipinski definition) is 10. The average molecular weight is 586 g/mol. The standard InChI is InChI=1S/C24H29ClN3O10P/c1-5-14(3)36-21(31)15(4)27-39(34,38-17-9-7-16(25)8-10-17)35-13-18-20(30)24(33,6-2)22(37-18)28-12-11-19(29)26-23(28)32/h2,7-12,14-15,18,20,22,30,33H,5,13H2,1,3-4H3,(H,27,34)(H,26,29,32)/t14-,15?,18-,20-,22-,24-,39?/m1/s1. The number of aromatic amines is 1. The fraction of sp³-hybridized carbons (Fsp3) is 0.458. The van der Waals surface area contributed by atoms with Crippen LogP contribution >= 0.6 is 19.3 Å². The van der Waals surface area contributed by atoms with Crippen molar-refractivity contribution in [1.29, 1.82) is 0 Å². The number of benzene rings is 1. The summed E-state index contributed by atoms with van der Waals surface area (Å²) >= 11 is 5.90. The van der Waals surface area contributed by atoms with E-state index in [1.165, 1.54) is 31.2 Å². The predicted octanol–water partition coefficient (Wildman–Crippen LogP) is 1.34. The quantitative estimate of drug-likeness (QED) is 0.170. The maximum atomic E-state index is 13.7. The molecule has 1 aliphatic rings. The topological polar surface area (TPSA) is 178 Å². The lowest BCUT2D eigenvalue weighted by Crippen LogP contribution is -2.48. The normalized spacial score (nSPS) is 25.7. The number of carbonyl (C=O) groups is 1. The predicted molar refractivity (Wildman–Crippen MR) is 139 cm³/mol. The highest BCUT2D eigenvalue weighted by molar-refractivity contribution is 7.52. The Bertz CT molecular complexity index is 1370. The van der Waals surface area contributed by atoms with E-state index in [1.54, 1.807) is 6.92 Å². The molecule has 39 heavy (non-hydrogen) atoms. The van der Waals surface area contributed by atoms with Crippen LogP contribution < -0.4 is 20.9 Å². The van der Waals surface area contributed by atoms with Crippen molar-refractivity contribution < 1.29 is 38.1 Å². The van der Waals surface area contributed by atoms with Gasteiger partial charge in [0.05, 0.1) is 12.7 Å². The molecular formula is C24H29ClN3O10P. The molecule has 1 aliphatic heterocycles. The molecule has 1 aromatic heterocycles. The Hall–Kier alpha value is -2.95. The van der Waals surface area contributed by atoms with E-state index in [0.717, 1.165) is 16.8 Å². The number of ether oxygens (including phenoxy) is 2. The molecule has 0 bridgehead atoms. The summed E-state index contributed by atoms with van der Waals surface area (Å²) in [6, 6.07) is 5.63. The summed E-state index contributed by atoms with van der Waals surface area (Å²) in [5.74, 6) is 1.36. The molecular weight excluding hydrogens is 557 g/mol. The molecule has 212 valence electrons. The van der Waals surface area contributed by atoms with Gasteiger partial charge in [0, 0.05) is 17.3 Å². The summed E-state index contributed by atoms with van der Waals surface area (Å²) < 4.78 is 36.5. The molecule has 7 atom stereocenters. The smallest absolute Gasteiger partial charge is 0.459 e. The van der Waals surface area contributed by atoms with Crippen LogP contribution in [-0.2, 0) is 23.4 Å². The first-order valence-electron chi connectivity index (χ1n) is 11.8. The number of aromatic nitrogens is 2. The van der Waals surface area contributed by atoms with Gasteiger partial charge < -0.3 is 24.2 Å². The SMILES string of the molecule is C#C[C@@]1(O)[C@H](O)[C@@H](COP(=O)(NC(C)C(=O)O[C@H](C)CC)Oc2ccc(Cl)cc2)O[C@H]1n1ccc(=O)[nH]c1=O. The molecule has 0 radical (unpaired) electrons. The molecule has 1 saturated heterocycles. The van der Waals surface area contributed by atoms with Crippen molar-refractivity contribution in [2.75, 3.05) is 6.61 Å². The van der Waals surface area contributed by atoms with Crippen LogP contribution in [0.1, 0.15) is 33.4 Å². The second kappa shape index (κ2) is 12.5. The van der Waals surface area contributed by atoms with Crippen molar-refractivity contribution in [2.24, 2.45) is 0 Å². The summed E-state index contributed by atoms with van der Waals surface area (Å²) in [6.45, 7) is 4.24. The van der Waals surface area contributed by atoms with Crippen molar-refractivity contribution in [2.45, 2.75) is 63.4 Å². The number of nitrogens with zero attached hydrogens (tertiary/aromatic N) is 1. The number of aliphatic hydroxyl groups is 2. The molecule has 1 fully saturated rings. The summed E-state index contributed by atoms with van der Waals surface area (Å²) in [6.07, 6.45) is 1.76. The van der Waals surface area contributed by atoms with E-state index in [2.05, 4.69) is 5.09 Å². The van der Waals surface area contributed by atoms with Gasteiger partial charge in [0.15, 0.2) is 11.8 Å². The number of nitrogens with one attached hydrogen (secondary N) is 2. The second-order valence-corrected chi connectivity index (χ2v) is 10.9. The lowest BCUT2D eigenvalue weighted by molar-refractivity contribution is -0.150. The monoisotopic (exact) mass is 585 g/mol. The van der Waals surface area contributed by atoms with E-state index in [0.29, 0.717) is 11.4 Å². The molecule has 0 aliphatic carbocycles. The number of aliphatic hydroxyl groups excluding tert-OH is 1. The third kappa shape index (κ3) is 7.17. The summed E-state index contributed by atoms with van der Waals surface area (Å²) in [5, 5.41) is 24.6. The van der Waals surface area contributed by atoms with Crippen LogP contribution in [0, 0.1) is 12.3 Å². The van der Waals surface area contributed by atoms with Gasteiger partial charge in [-0.15, -0.1) is 6.42 Å². The highest BCUT2D eigenvalue weighted by atomic mass is 35.5. The minimum Gasteiger partial charge on any atom is -0.462 e. The Morgan fingerprint density at radius 2 is 2.00 bits per heavy atom. The third-order valence-corrected chi connectivity index (χ3v) is 7.76. The van der Waals surface area contributed by atoms with Gasteiger partial charge in [0.2, 0.25) is 0 Å². The van der Waals surface area contributed by atoms with Gasteiger partial charge in [-0.2, -0.15) is 5.09 Å². The second-order valence-electron chi connectivity index (χ2n) is 8.80. The van der Waals surface area contributed by atoms with E-state index < -0.39 is 67.8 Å².